The van der Waals surface area contributed by atoms with Crippen molar-refractivity contribution in [2.45, 2.75) is 18.6 Å². The minimum absolute atomic E-state index is 0.0547. The number of rotatable bonds is 6. The van der Waals surface area contributed by atoms with E-state index >= 15 is 0 Å². The minimum atomic E-state index is -4.59. The summed E-state index contributed by atoms with van der Waals surface area (Å²) in [5.74, 6) is -2.61. The van der Waals surface area contributed by atoms with Crippen molar-refractivity contribution in [1.82, 2.24) is 5.32 Å². The molecule has 0 aliphatic carbocycles. The van der Waals surface area contributed by atoms with Crippen LogP contribution < -0.4 is 10.2 Å². The third kappa shape index (κ3) is 4.88. The van der Waals surface area contributed by atoms with E-state index in [1.165, 1.54) is 18.2 Å². The van der Waals surface area contributed by atoms with Crippen molar-refractivity contribution in [3.05, 3.63) is 29.8 Å². The van der Waals surface area contributed by atoms with Crippen LogP contribution in [0.4, 0.5) is 18.9 Å². The first-order chi connectivity index (χ1) is 11.7. The summed E-state index contributed by atoms with van der Waals surface area (Å²) in [6.45, 7) is 0.0547. The standard InChI is InChI=1S/C15H15F3N2O4S/c16-15(17,18)9-3-1-2-4-11(9)20-6-5-10(14(20)24)19-12(21)7-25-8-13(22)23/h1-4,10H,5-8H2,(H,19,21)(H,22,23). The third-order valence-electron chi connectivity index (χ3n) is 3.50. The molecule has 0 aromatic heterocycles. The smallest absolute Gasteiger partial charge is 0.418 e. The Labute approximate surface area is 145 Å². The average Bonchev–Trinajstić information content (AvgIpc) is 2.87. The van der Waals surface area contributed by atoms with Gasteiger partial charge in [0.15, 0.2) is 0 Å². The van der Waals surface area contributed by atoms with Gasteiger partial charge >= 0.3 is 12.1 Å². The molecular formula is C15H15F3N2O4S. The number of carboxylic acid groups (broad SMARTS) is 1. The average molecular weight is 376 g/mol. The van der Waals surface area contributed by atoms with Gasteiger partial charge < -0.3 is 15.3 Å². The van der Waals surface area contributed by atoms with Gasteiger partial charge in [-0.2, -0.15) is 13.2 Å². The van der Waals surface area contributed by atoms with E-state index in [-0.39, 0.29) is 30.2 Å². The molecule has 1 fully saturated rings. The number of alkyl halides is 3. The number of carbonyl (C=O) groups excluding carboxylic acids is 2. The lowest BCUT2D eigenvalue weighted by Crippen LogP contribution is -2.42. The monoisotopic (exact) mass is 376 g/mol. The maximum atomic E-state index is 13.1. The fourth-order valence-corrected chi connectivity index (χ4v) is 3.01. The molecule has 2 amide bonds. The van der Waals surface area contributed by atoms with Crippen LogP contribution in [-0.4, -0.2) is 47.0 Å². The van der Waals surface area contributed by atoms with E-state index < -0.39 is 35.6 Å². The number of nitrogens with zero attached hydrogens (tertiary/aromatic N) is 1. The molecule has 0 radical (unpaired) electrons. The molecule has 1 saturated heterocycles. The SMILES string of the molecule is O=C(O)CSCC(=O)NC1CCN(c2ccccc2C(F)(F)F)C1=O. The van der Waals surface area contributed by atoms with E-state index in [2.05, 4.69) is 5.32 Å². The van der Waals surface area contributed by atoms with Crippen LogP contribution in [-0.2, 0) is 20.6 Å². The van der Waals surface area contributed by atoms with Crippen LogP contribution >= 0.6 is 11.8 Å². The second-order valence-electron chi connectivity index (χ2n) is 5.30. The first-order valence-corrected chi connectivity index (χ1v) is 8.42. The Kier molecular flexibility index (Phi) is 5.93. The van der Waals surface area contributed by atoms with E-state index in [9.17, 15) is 27.6 Å². The number of anilines is 1. The number of para-hydroxylation sites is 1. The maximum absolute atomic E-state index is 13.1. The van der Waals surface area contributed by atoms with Crippen LogP contribution in [0.25, 0.3) is 0 Å². The number of hydrogen-bond donors (Lipinski definition) is 2. The van der Waals surface area contributed by atoms with Crippen molar-refractivity contribution < 1.29 is 32.7 Å². The largest absolute Gasteiger partial charge is 0.481 e. The summed E-state index contributed by atoms with van der Waals surface area (Å²) in [7, 11) is 0. The fourth-order valence-electron chi connectivity index (χ4n) is 2.47. The summed E-state index contributed by atoms with van der Waals surface area (Å²) in [6, 6.07) is 3.85. The zero-order valence-electron chi connectivity index (χ0n) is 12.9. The van der Waals surface area contributed by atoms with Crippen molar-refractivity contribution >= 4 is 35.2 Å². The van der Waals surface area contributed by atoms with E-state index in [1.807, 2.05) is 0 Å². The first kappa shape index (κ1) is 19.1. The number of aliphatic carboxylic acids is 1. The predicted octanol–water partition coefficient (Wildman–Crippen LogP) is 1.74. The lowest BCUT2D eigenvalue weighted by molar-refractivity contribution is -0.137. The molecule has 1 aliphatic heterocycles. The molecule has 1 aromatic rings. The normalized spacial score (nSPS) is 17.6. The maximum Gasteiger partial charge on any atom is 0.418 e. The molecule has 2 N–H and O–H groups in total. The number of carbonyl (C=O) groups is 3. The van der Waals surface area contributed by atoms with Gasteiger partial charge in [-0.25, -0.2) is 0 Å². The Bertz CT molecular complexity index is 681. The Morgan fingerprint density at radius 1 is 1.28 bits per heavy atom. The number of thioether (sulfide) groups is 1. The molecule has 10 heteroatoms. The zero-order valence-corrected chi connectivity index (χ0v) is 13.7. The second kappa shape index (κ2) is 7.77. The fraction of sp³-hybridized carbons (Fsp3) is 0.400. The third-order valence-corrected chi connectivity index (χ3v) is 4.42. The number of carboxylic acids is 1. The minimum Gasteiger partial charge on any atom is -0.481 e. The molecule has 1 aromatic carbocycles. The van der Waals surface area contributed by atoms with Gasteiger partial charge in [-0.3, -0.25) is 14.4 Å². The van der Waals surface area contributed by atoms with Crippen LogP contribution in [0, 0.1) is 0 Å². The summed E-state index contributed by atoms with van der Waals surface area (Å²) >= 11 is 0.872. The van der Waals surface area contributed by atoms with Crippen molar-refractivity contribution in [2.75, 3.05) is 23.0 Å². The molecule has 1 aliphatic rings. The number of halogens is 3. The molecule has 0 bridgehead atoms. The highest BCUT2D eigenvalue weighted by molar-refractivity contribution is 8.00. The molecule has 0 spiro atoms. The van der Waals surface area contributed by atoms with Crippen LogP contribution in [0.3, 0.4) is 0 Å². The summed E-state index contributed by atoms with van der Waals surface area (Å²) in [5, 5.41) is 10.9. The van der Waals surface area contributed by atoms with E-state index in [0.29, 0.717) is 0 Å². The quantitative estimate of drug-likeness (QED) is 0.790. The molecule has 1 unspecified atom stereocenters. The topological polar surface area (TPSA) is 86.7 Å². The molecule has 1 atom stereocenters. The highest BCUT2D eigenvalue weighted by Gasteiger charge is 2.40. The van der Waals surface area contributed by atoms with Gasteiger partial charge in [0, 0.05) is 6.54 Å². The highest BCUT2D eigenvalue weighted by Crippen LogP contribution is 2.37. The summed E-state index contributed by atoms with van der Waals surface area (Å²) in [6.07, 6.45) is -4.41. The van der Waals surface area contributed by atoms with Gasteiger partial charge in [-0.15, -0.1) is 11.8 Å². The van der Waals surface area contributed by atoms with Crippen molar-refractivity contribution in [3.8, 4) is 0 Å². The van der Waals surface area contributed by atoms with Crippen LogP contribution in [0.2, 0.25) is 0 Å². The second-order valence-corrected chi connectivity index (χ2v) is 6.29. The number of amides is 2. The van der Waals surface area contributed by atoms with Crippen LogP contribution in [0.5, 0.6) is 0 Å². The number of nitrogens with one attached hydrogen (secondary N) is 1. The Morgan fingerprint density at radius 2 is 1.96 bits per heavy atom. The predicted molar refractivity (Wildman–Crippen MR) is 85.3 cm³/mol. The highest BCUT2D eigenvalue weighted by atomic mass is 32.2. The molecule has 2 rings (SSSR count). The van der Waals surface area contributed by atoms with Gasteiger partial charge in [0.25, 0.3) is 0 Å². The van der Waals surface area contributed by atoms with Crippen LogP contribution in [0.15, 0.2) is 24.3 Å². The van der Waals surface area contributed by atoms with Gasteiger partial charge in [0.1, 0.15) is 6.04 Å². The van der Waals surface area contributed by atoms with Gasteiger partial charge in [0.05, 0.1) is 22.8 Å². The molecule has 136 valence electrons. The summed E-state index contributed by atoms with van der Waals surface area (Å²) < 4.78 is 39.2. The molecule has 6 nitrogen and oxygen atoms in total. The number of hydrogen-bond acceptors (Lipinski definition) is 4. The van der Waals surface area contributed by atoms with E-state index in [4.69, 9.17) is 5.11 Å². The summed E-state index contributed by atoms with van der Waals surface area (Å²) in [5.41, 5.74) is -1.15. The Balaban J connectivity index is 2.03. The lowest BCUT2D eigenvalue weighted by Gasteiger charge is -2.21. The number of benzene rings is 1. The zero-order chi connectivity index (χ0) is 18.6. The molecule has 1 heterocycles. The lowest BCUT2D eigenvalue weighted by atomic mass is 10.1. The van der Waals surface area contributed by atoms with Gasteiger partial charge in [0.2, 0.25) is 11.8 Å². The van der Waals surface area contributed by atoms with Crippen molar-refractivity contribution in [2.24, 2.45) is 0 Å². The molecular weight excluding hydrogens is 361 g/mol. The van der Waals surface area contributed by atoms with Crippen LogP contribution in [0.1, 0.15) is 12.0 Å². The van der Waals surface area contributed by atoms with Gasteiger partial charge in [-0.05, 0) is 18.6 Å². The first-order valence-electron chi connectivity index (χ1n) is 7.26. The molecule has 25 heavy (non-hydrogen) atoms. The Hall–Kier alpha value is -2.23. The van der Waals surface area contributed by atoms with Gasteiger partial charge in [-0.1, -0.05) is 12.1 Å². The molecule has 0 saturated carbocycles. The van der Waals surface area contributed by atoms with E-state index in [0.717, 1.165) is 22.7 Å². The van der Waals surface area contributed by atoms with E-state index in [1.54, 1.807) is 0 Å². The van der Waals surface area contributed by atoms with Crippen molar-refractivity contribution in [1.29, 1.82) is 0 Å². The Morgan fingerprint density at radius 3 is 2.60 bits per heavy atom. The summed E-state index contributed by atoms with van der Waals surface area (Å²) in [4.78, 5) is 35.5. The van der Waals surface area contributed by atoms with Crippen molar-refractivity contribution in [3.63, 3.8) is 0 Å².